The number of primary amides is 1. The highest BCUT2D eigenvalue weighted by Crippen LogP contribution is 2.46. The van der Waals surface area contributed by atoms with E-state index in [2.05, 4.69) is 72.0 Å². The molecule has 1 atom stereocenters. The molecule has 3 amide bonds. The minimum atomic E-state index is -4.20. The van der Waals surface area contributed by atoms with Crippen LogP contribution in [-0.2, 0) is 19.1 Å². The number of nitrogens with two attached hydrogens (primary N) is 1. The van der Waals surface area contributed by atoms with E-state index in [9.17, 15) is 27.9 Å². The van der Waals surface area contributed by atoms with Gasteiger partial charge in [0, 0.05) is 58.7 Å². The number of carbonyl (C=O) groups excluding carboxylic acids is 3. The molecule has 2 heterocycles. The molecule has 17 heteroatoms. The first kappa shape index (κ1) is 50.6. The Morgan fingerprint density at radius 2 is 1.76 bits per heavy atom. The van der Waals surface area contributed by atoms with Gasteiger partial charge in [-0.2, -0.15) is 0 Å². The molecule has 0 saturated carbocycles. The lowest BCUT2D eigenvalue weighted by atomic mass is 10.0. The van der Waals surface area contributed by atoms with Crippen LogP contribution in [0.15, 0.2) is 107 Å². The fourth-order valence-electron chi connectivity index (χ4n) is 7.66. The monoisotopic (exact) mass is 982 g/mol. The fraction of sp³-hybridized carbons (Fsp3) is 0.283. The summed E-state index contributed by atoms with van der Waals surface area (Å²) in [7, 11) is -4.92. The molecule has 5 aromatic carbocycles. The Kier molecular flexibility index (Phi) is 15.0. The average Bonchev–Trinajstić information content (AvgIpc) is 3.31. The fourth-order valence-corrected chi connectivity index (χ4v) is 10.4. The van der Waals surface area contributed by atoms with Crippen molar-refractivity contribution in [1.82, 2.24) is 10.3 Å². The summed E-state index contributed by atoms with van der Waals surface area (Å²) in [5.41, 5.74) is 10.9. The standard InChI is InChI=1S/C53H58N6O9SSi/c1-32-24-34(14-10-9-11-23-55-30-45(68-70(7,8)53(3,4)5)40-20-22-44(60)49-50(40)67-31-46(61)59-49)19-21-43(32)58-52(63)35-15-12-18-38(26-35)69(64,65)39-25-33(2)47-41(28-39)48(42(29-56-47)51(54)62)57-36-16-13-17-37(27-36)66-6/h12-13,15-22,24-29,45,55,60H,9,11,23,30-31H2,1-8H3,(H2,54,62)(H,56,57)(H,58,63)(H,59,61)/t45-/m0/s1. The Balaban J connectivity index is 0.998. The second-order valence-corrected chi connectivity index (χ2v) is 25.3. The number of amides is 3. The van der Waals surface area contributed by atoms with Crippen LogP contribution in [0.5, 0.6) is 17.2 Å². The third-order valence-corrected chi connectivity index (χ3v) is 18.7. The third-order valence-electron chi connectivity index (χ3n) is 12.5. The van der Waals surface area contributed by atoms with Crippen LogP contribution in [0.1, 0.15) is 82.7 Å². The van der Waals surface area contributed by atoms with Crippen molar-refractivity contribution in [1.29, 1.82) is 0 Å². The van der Waals surface area contributed by atoms with E-state index in [1.54, 1.807) is 55.5 Å². The van der Waals surface area contributed by atoms with Gasteiger partial charge in [0.05, 0.1) is 39.8 Å². The van der Waals surface area contributed by atoms with E-state index in [-0.39, 0.29) is 55.6 Å². The van der Waals surface area contributed by atoms with Crippen LogP contribution in [0.4, 0.5) is 22.7 Å². The summed E-state index contributed by atoms with van der Waals surface area (Å²) < 4.78 is 46.6. The van der Waals surface area contributed by atoms with Crippen LogP contribution in [0.25, 0.3) is 10.9 Å². The van der Waals surface area contributed by atoms with Gasteiger partial charge in [0.1, 0.15) is 17.2 Å². The van der Waals surface area contributed by atoms with Gasteiger partial charge in [-0.3, -0.25) is 19.4 Å². The number of rotatable bonds is 16. The summed E-state index contributed by atoms with van der Waals surface area (Å²) in [6.07, 6.45) is 2.35. The number of sulfone groups is 1. The molecule has 0 spiro atoms. The molecule has 15 nitrogen and oxygen atoms in total. The van der Waals surface area contributed by atoms with Crippen molar-refractivity contribution in [3.8, 4) is 29.1 Å². The Bertz CT molecular complexity index is 3200. The summed E-state index contributed by atoms with van der Waals surface area (Å²) in [5.74, 6) is 5.79. The molecule has 7 rings (SSSR count). The number of aromatic nitrogens is 1. The molecule has 7 N–H and O–H groups in total. The number of hydrogen-bond acceptors (Lipinski definition) is 12. The number of methoxy groups -OCH3 is 1. The maximum atomic E-state index is 14.3. The molecule has 364 valence electrons. The molecule has 0 unspecified atom stereocenters. The van der Waals surface area contributed by atoms with Crippen molar-refractivity contribution in [3.05, 3.63) is 131 Å². The minimum absolute atomic E-state index is 0.0584. The van der Waals surface area contributed by atoms with E-state index in [1.165, 1.54) is 43.6 Å². The molecule has 1 aliphatic rings. The number of fused-ring (bicyclic) bond motifs is 2. The number of phenolic OH excluding ortho intramolecular Hbond substituents is 1. The lowest BCUT2D eigenvalue weighted by Gasteiger charge is -2.40. The number of anilines is 4. The summed E-state index contributed by atoms with van der Waals surface area (Å²) in [6, 6.07) is 24.6. The summed E-state index contributed by atoms with van der Waals surface area (Å²) in [6.45, 7) is 15.5. The summed E-state index contributed by atoms with van der Waals surface area (Å²) in [5, 5.41) is 23.1. The van der Waals surface area contributed by atoms with Crippen molar-refractivity contribution in [2.45, 2.75) is 81.5 Å². The number of carbonyl (C=O) groups is 3. The topological polar surface area (TPSA) is 220 Å². The predicted molar refractivity (Wildman–Crippen MR) is 275 cm³/mol. The first-order chi connectivity index (χ1) is 33.2. The van der Waals surface area contributed by atoms with Gasteiger partial charge >= 0.3 is 0 Å². The normalized spacial score (nSPS) is 13.0. The Labute approximate surface area is 409 Å². The van der Waals surface area contributed by atoms with Crippen molar-refractivity contribution >= 4 is 69.5 Å². The molecule has 70 heavy (non-hydrogen) atoms. The zero-order valence-corrected chi connectivity index (χ0v) is 42.3. The number of pyridine rings is 1. The highest BCUT2D eigenvalue weighted by molar-refractivity contribution is 7.91. The van der Waals surface area contributed by atoms with E-state index < -0.39 is 36.1 Å². The van der Waals surface area contributed by atoms with Crippen molar-refractivity contribution in [3.63, 3.8) is 0 Å². The number of nitrogens with zero attached hydrogens (tertiary/aromatic N) is 1. The number of ether oxygens (including phenoxy) is 2. The van der Waals surface area contributed by atoms with Gasteiger partial charge in [0.15, 0.2) is 20.7 Å². The molecule has 0 radical (unpaired) electrons. The van der Waals surface area contributed by atoms with Crippen LogP contribution in [0.2, 0.25) is 18.1 Å². The van der Waals surface area contributed by atoms with Gasteiger partial charge in [-0.1, -0.05) is 44.7 Å². The largest absolute Gasteiger partial charge is 0.506 e. The second kappa shape index (κ2) is 20.8. The Hall–Kier alpha value is -7.23. The van der Waals surface area contributed by atoms with Gasteiger partial charge in [-0.05, 0) is 129 Å². The van der Waals surface area contributed by atoms with Gasteiger partial charge in [0.2, 0.25) is 9.84 Å². The molecule has 1 aliphatic heterocycles. The van der Waals surface area contributed by atoms with E-state index >= 15 is 0 Å². The van der Waals surface area contributed by atoms with Crippen LogP contribution in [0.3, 0.4) is 0 Å². The quantitative estimate of drug-likeness (QED) is 0.0231. The number of aromatic hydroxyl groups is 1. The molecule has 0 bridgehead atoms. The minimum Gasteiger partial charge on any atom is -0.506 e. The molecule has 0 saturated heterocycles. The molecule has 1 aromatic heterocycles. The van der Waals surface area contributed by atoms with E-state index in [0.29, 0.717) is 58.9 Å². The smallest absolute Gasteiger partial charge is 0.262 e. The number of nitrogens with one attached hydrogen (secondary N) is 4. The first-order valence-corrected chi connectivity index (χ1v) is 27.1. The third kappa shape index (κ3) is 11.3. The van der Waals surface area contributed by atoms with Crippen LogP contribution < -0.4 is 36.5 Å². The zero-order valence-electron chi connectivity index (χ0n) is 40.5. The van der Waals surface area contributed by atoms with E-state index in [4.69, 9.17) is 19.6 Å². The van der Waals surface area contributed by atoms with Crippen LogP contribution >= 0.6 is 0 Å². The summed E-state index contributed by atoms with van der Waals surface area (Å²) in [4.78, 5) is 42.6. The second-order valence-electron chi connectivity index (χ2n) is 18.6. The zero-order chi connectivity index (χ0) is 50.5. The number of phenols is 1. The van der Waals surface area contributed by atoms with Crippen LogP contribution in [-0.4, -0.2) is 71.4 Å². The lowest BCUT2D eigenvalue weighted by molar-refractivity contribution is -0.118. The Morgan fingerprint density at radius 1 is 0.986 bits per heavy atom. The number of aryl methyl sites for hydroxylation is 2. The first-order valence-electron chi connectivity index (χ1n) is 22.7. The molecular formula is C53H58N6O9SSi. The lowest BCUT2D eigenvalue weighted by Crippen LogP contribution is -2.43. The van der Waals surface area contributed by atoms with E-state index in [1.807, 2.05) is 19.1 Å². The predicted octanol–water partition coefficient (Wildman–Crippen LogP) is 9.31. The summed E-state index contributed by atoms with van der Waals surface area (Å²) >= 11 is 0. The maximum absolute atomic E-state index is 14.3. The number of hydrogen-bond donors (Lipinski definition) is 6. The van der Waals surface area contributed by atoms with Crippen molar-refractivity contribution < 1.29 is 41.8 Å². The SMILES string of the molecule is COc1cccc(Nc2c(C(N)=O)cnc3c(C)cc(S(=O)(=O)c4cccc(C(=O)Nc5ccc(C#CCCCNC[C@H](O[Si](C)(C)C(C)(C)C)c6ccc(O)c7c6OCC(=O)N7)cc5C)c4)cc23)c1. The molecular weight excluding hydrogens is 925 g/mol. The van der Waals surface area contributed by atoms with Gasteiger partial charge in [-0.25, -0.2) is 8.42 Å². The molecule has 6 aromatic rings. The maximum Gasteiger partial charge on any atom is 0.262 e. The highest BCUT2D eigenvalue weighted by Gasteiger charge is 2.40. The van der Waals surface area contributed by atoms with Crippen LogP contribution in [0, 0.1) is 25.7 Å². The van der Waals surface area contributed by atoms with Gasteiger partial charge in [0.25, 0.3) is 17.7 Å². The van der Waals surface area contributed by atoms with Crippen molar-refractivity contribution in [2.75, 3.05) is 42.8 Å². The van der Waals surface area contributed by atoms with Gasteiger partial charge in [-0.15, -0.1) is 0 Å². The highest BCUT2D eigenvalue weighted by atomic mass is 32.2. The van der Waals surface area contributed by atoms with E-state index in [0.717, 1.165) is 23.1 Å². The van der Waals surface area contributed by atoms with Crippen molar-refractivity contribution in [2.24, 2.45) is 5.73 Å². The average molecular weight is 983 g/mol. The Morgan fingerprint density at radius 3 is 2.49 bits per heavy atom. The van der Waals surface area contributed by atoms with Gasteiger partial charge < -0.3 is 46.0 Å². The number of unbranched alkanes of at least 4 members (excludes halogenated alkanes) is 1. The number of benzene rings is 5. The molecule has 0 aliphatic carbocycles. The molecule has 0 fully saturated rings.